The van der Waals surface area contributed by atoms with Crippen molar-refractivity contribution in [2.45, 2.75) is 32.0 Å². The van der Waals surface area contributed by atoms with Crippen LogP contribution >= 0.6 is 11.6 Å². The van der Waals surface area contributed by atoms with Crippen LogP contribution in [-0.4, -0.2) is 82.6 Å². The Hall–Kier alpha value is -2.17. The topological polar surface area (TPSA) is 91.6 Å². The van der Waals surface area contributed by atoms with Gasteiger partial charge < -0.3 is 9.80 Å². The molecule has 4 aliphatic heterocycles. The molecule has 1 saturated carbocycles. The van der Waals surface area contributed by atoms with Gasteiger partial charge in [0.2, 0.25) is 11.9 Å². The Labute approximate surface area is 197 Å². The van der Waals surface area contributed by atoms with E-state index in [4.69, 9.17) is 11.6 Å². The third kappa shape index (κ3) is 3.21. The Morgan fingerprint density at radius 3 is 2.52 bits per heavy atom. The summed E-state index contributed by atoms with van der Waals surface area (Å²) in [5.74, 6) is 2.62. The average Bonchev–Trinajstić information content (AvgIpc) is 3.48. The number of halogens is 1. The quantitative estimate of drug-likeness (QED) is 0.638. The van der Waals surface area contributed by atoms with Crippen LogP contribution in [-0.2, 0) is 27.7 Å². The summed E-state index contributed by atoms with van der Waals surface area (Å²) < 4.78 is 25.7. The van der Waals surface area contributed by atoms with Crippen LogP contribution in [0.4, 0.5) is 5.95 Å². The number of hydrogen-bond donors (Lipinski definition) is 0. The molecule has 174 valence electrons. The largest absolute Gasteiger partial charge is 0.341 e. The zero-order valence-corrected chi connectivity index (χ0v) is 19.7. The molecule has 7 rings (SSSR count). The number of sulfone groups is 1. The standard InChI is InChI=1S/C22H25ClN6O3S/c23-16-3-4-18-15(5-16)6-26(17-8-33(31,32)9-17)7-19-24-25-21(29(18)19)28-12-22(13-28)10-27(11-22)20(30)14-1-2-14/h3-5,14,17H,1-2,6-13H2. The summed E-state index contributed by atoms with van der Waals surface area (Å²) in [5.41, 5.74) is 2.22. The van der Waals surface area contributed by atoms with Gasteiger partial charge in [0.25, 0.3) is 0 Å². The third-order valence-corrected chi connectivity index (χ3v) is 9.77. The van der Waals surface area contributed by atoms with Gasteiger partial charge in [-0.3, -0.25) is 14.3 Å². The number of aromatic nitrogens is 3. The van der Waals surface area contributed by atoms with Crippen LogP contribution in [0, 0.1) is 11.3 Å². The highest BCUT2D eigenvalue weighted by Crippen LogP contribution is 2.45. The fourth-order valence-corrected chi connectivity index (χ4v) is 7.53. The molecule has 0 atom stereocenters. The molecule has 1 spiro atoms. The molecule has 33 heavy (non-hydrogen) atoms. The second kappa shape index (κ2) is 6.70. The summed E-state index contributed by atoms with van der Waals surface area (Å²) in [6.07, 6.45) is 2.10. The minimum Gasteiger partial charge on any atom is -0.341 e. The summed E-state index contributed by atoms with van der Waals surface area (Å²) in [6, 6.07) is 5.83. The molecule has 5 heterocycles. The molecule has 11 heteroatoms. The second-order valence-corrected chi connectivity index (χ2v) is 13.1. The van der Waals surface area contributed by atoms with Gasteiger partial charge in [-0.1, -0.05) is 11.6 Å². The lowest BCUT2D eigenvalue weighted by Gasteiger charge is -2.60. The van der Waals surface area contributed by atoms with Gasteiger partial charge in [-0.2, -0.15) is 0 Å². The van der Waals surface area contributed by atoms with Gasteiger partial charge in [-0.05, 0) is 36.6 Å². The van der Waals surface area contributed by atoms with Gasteiger partial charge in [-0.15, -0.1) is 10.2 Å². The molecular formula is C22H25ClN6O3S. The van der Waals surface area contributed by atoms with Crippen molar-refractivity contribution in [2.24, 2.45) is 11.3 Å². The minimum absolute atomic E-state index is 0.00854. The van der Waals surface area contributed by atoms with E-state index in [1.807, 2.05) is 23.1 Å². The van der Waals surface area contributed by atoms with Crippen LogP contribution < -0.4 is 4.90 Å². The van der Waals surface area contributed by atoms with Crippen LogP contribution in [0.15, 0.2) is 18.2 Å². The summed E-state index contributed by atoms with van der Waals surface area (Å²) in [5, 5.41) is 9.72. The summed E-state index contributed by atoms with van der Waals surface area (Å²) in [7, 11) is -2.93. The van der Waals surface area contributed by atoms with E-state index in [0.29, 0.717) is 24.0 Å². The van der Waals surface area contributed by atoms with Gasteiger partial charge in [0, 0.05) is 55.1 Å². The van der Waals surface area contributed by atoms with Crippen molar-refractivity contribution < 1.29 is 13.2 Å². The van der Waals surface area contributed by atoms with E-state index in [2.05, 4.69) is 24.6 Å². The highest BCUT2D eigenvalue weighted by molar-refractivity contribution is 7.92. The molecule has 0 unspecified atom stereocenters. The maximum atomic E-state index is 12.3. The van der Waals surface area contributed by atoms with Crippen molar-refractivity contribution >= 4 is 33.3 Å². The number of rotatable bonds is 3. The van der Waals surface area contributed by atoms with Gasteiger partial charge >= 0.3 is 0 Å². The number of carbonyl (C=O) groups is 1. The first kappa shape index (κ1) is 20.2. The highest BCUT2D eigenvalue weighted by atomic mass is 35.5. The molecule has 1 aromatic heterocycles. The van der Waals surface area contributed by atoms with E-state index in [-0.39, 0.29) is 28.9 Å². The van der Waals surface area contributed by atoms with Gasteiger partial charge in [0.15, 0.2) is 15.7 Å². The Morgan fingerprint density at radius 1 is 1.06 bits per heavy atom. The van der Waals surface area contributed by atoms with Crippen LogP contribution in [0.5, 0.6) is 0 Å². The molecule has 1 aliphatic carbocycles. The molecule has 2 aromatic rings. The first-order valence-corrected chi connectivity index (χ1v) is 13.7. The lowest BCUT2D eigenvalue weighted by molar-refractivity contribution is -0.146. The Bertz CT molecular complexity index is 1260. The number of hydrogen-bond acceptors (Lipinski definition) is 7. The van der Waals surface area contributed by atoms with Crippen LogP contribution in [0.25, 0.3) is 5.69 Å². The van der Waals surface area contributed by atoms with Gasteiger partial charge in [0.05, 0.1) is 23.7 Å². The molecule has 5 aliphatic rings. The van der Waals surface area contributed by atoms with Crippen molar-refractivity contribution in [2.75, 3.05) is 42.6 Å². The van der Waals surface area contributed by atoms with E-state index < -0.39 is 9.84 Å². The number of carbonyl (C=O) groups excluding carboxylic acids is 1. The number of nitrogens with zero attached hydrogens (tertiary/aromatic N) is 6. The lowest BCUT2D eigenvalue weighted by atomic mass is 9.73. The van der Waals surface area contributed by atoms with Crippen LogP contribution in [0.1, 0.15) is 24.2 Å². The van der Waals surface area contributed by atoms with Crippen molar-refractivity contribution in [1.29, 1.82) is 0 Å². The first-order valence-electron chi connectivity index (χ1n) is 11.5. The number of anilines is 1. The molecular weight excluding hydrogens is 464 g/mol. The number of amides is 1. The van der Waals surface area contributed by atoms with Gasteiger partial charge in [0.1, 0.15) is 0 Å². The van der Waals surface area contributed by atoms with Crippen LogP contribution in [0.2, 0.25) is 5.02 Å². The predicted octanol–water partition coefficient (Wildman–Crippen LogP) is 1.09. The molecule has 0 N–H and O–H groups in total. The smallest absolute Gasteiger partial charge is 0.231 e. The van der Waals surface area contributed by atoms with E-state index in [0.717, 1.165) is 62.0 Å². The number of benzene rings is 1. The van der Waals surface area contributed by atoms with E-state index in [9.17, 15) is 13.2 Å². The summed E-state index contributed by atoms with van der Waals surface area (Å²) >= 11 is 6.32. The normalized spacial score (nSPS) is 25.5. The molecule has 0 bridgehead atoms. The monoisotopic (exact) mass is 488 g/mol. The minimum atomic E-state index is -2.93. The van der Waals surface area contributed by atoms with Gasteiger partial charge in [-0.25, -0.2) is 8.42 Å². The summed E-state index contributed by atoms with van der Waals surface area (Å²) in [4.78, 5) is 18.7. The second-order valence-electron chi connectivity index (χ2n) is 10.5. The highest BCUT2D eigenvalue weighted by Gasteiger charge is 2.55. The zero-order valence-electron chi connectivity index (χ0n) is 18.2. The number of fused-ring (bicyclic) bond motifs is 3. The van der Waals surface area contributed by atoms with Crippen molar-refractivity contribution in [3.63, 3.8) is 0 Å². The van der Waals surface area contributed by atoms with Crippen molar-refractivity contribution in [3.8, 4) is 5.69 Å². The maximum absolute atomic E-state index is 12.3. The van der Waals surface area contributed by atoms with E-state index in [1.165, 1.54) is 0 Å². The van der Waals surface area contributed by atoms with Crippen molar-refractivity contribution in [3.05, 3.63) is 34.6 Å². The fourth-order valence-electron chi connectivity index (χ4n) is 5.84. The molecule has 1 amide bonds. The SMILES string of the molecule is O=C(C1CC1)N1CC2(C1)CN(c1nnc3n1-c1ccc(Cl)cc1CN(C1CS(=O)(=O)C1)C3)C2. The lowest BCUT2D eigenvalue weighted by Crippen LogP contribution is -2.73. The Morgan fingerprint density at radius 2 is 1.82 bits per heavy atom. The summed E-state index contributed by atoms with van der Waals surface area (Å²) in [6.45, 7) is 4.59. The molecule has 0 radical (unpaired) electrons. The molecule has 4 fully saturated rings. The predicted molar refractivity (Wildman–Crippen MR) is 122 cm³/mol. The average molecular weight is 489 g/mol. The van der Waals surface area contributed by atoms with Crippen molar-refractivity contribution in [1.82, 2.24) is 24.6 Å². The van der Waals surface area contributed by atoms with Crippen LogP contribution in [0.3, 0.4) is 0 Å². The third-order valence-electron chi connectivity index (χ3n) is 7.75. The zero-order chi connectivity index (χ0) is 22.5. The van der Waals surface area contributed by atoms with E-state index in [1.54, 1.807) is 0 Å². The molecule has 1 aromatic carbocycles. The first-order chi connectivity index (χ1) is 15.8. The fraction of sp³-hybridized carbons (Fsp3) is 0.591. The molecule has 9 nitrogen and oxygen atoms in total. The van der Waals surface area contributed by atoms with E-state index >= 15 is 0 Å². The number of likely N-dealkylation sites (tertiary alicyclic amines) is 1. The molecule has 3 saturated heterocycles. The Kier molecular flexibility index (Phi) is 4.11. The Balaban J connectivity index is 1.15. The maximum Gasteiger partial charge on any atom is 0.231 e.